The smallest absolute Gasteiger partial charge is 0.0624 e. The summed E-state index contributed by atoms with van der Waals surface area (Å²) in [5.74, 6) is 1.64. The van der Waals surface area contributed by atoms with Crippen molar-refractivity contribution in [2.24, 2.45) is 11.8 Å². The van der Waals surface area contributed by atoms with E-state index in [-0.39, 0.29) is 0 Å². The van der Waals surface area contributed by atoms with Crippen LogP contribution in [0.3, 0.4) is 0 Å². The fourth-order valence-electron chi connectivity index (χ4n) is 1.36. The van der Waals surface area contributed by atoms with Gasteiger partial charge in [0.05, 0.1) is 6.07 Å². The average molecular weight is 109 g/mol. The molecule has 0 aromatic carbocycles. The first-order valence-electron chi connectivity index (χ1n) is 3.20. The maximum Gasteiger partial charge on any atom is 0.0624 e. The third-order valence-electron chi connectivity index (χ3n) is 1.85. The molecule has 0 spiro atoms. The van der Waals surface area contributed by atoms with E-state index in [9.17, 15) is 0 Å². The molecular weight excluding hydrogens is 98.1 g/mol. The van der Waals surface area contributed by atoms with Crippen molar-refractivity contribution in [1.82, 2.24) is 0 Å². The molecule has 0 bridgehead atoms. The summed E-state index contributed by atoms with van der Waals surface area (Å²) in [5.41, 5.74) is 0. The minimum Gasteiger partial charge on any atom is -0.198 e. The monoisotopic (exact) mass is 109 g/mol. The zero-order valence-electron chi connectivity index (χ0n) is 5.22. The van der Waals surface area contributed by atoms with Crippen molar-refractivity contribution >= 4 is 0 Å². The second-order valence-electron chi connectivity index (χ2n) is 2.80. The van der Waals surface area contributed by atoms with E-state index in [1.165, 1.54) is 12.8 Å². The summed E-state index contributed by atoms with van der Waals surface area (Å²) in [6.07, 6.45) is 3.35. The predicted octanol–water partition coefficient (Wildman–Crippen LogP) is 1.95. The van der Waals surface area contributed by atoms with Gasteiger partial charge in [-0.2, -0.15) is 5.26 Å². The number of hydrogen-bond donors (Lipinski definition) is 0. The van der Waals surface area contributed by atoms with E-state index < -0.39 is 0 Å². The first-order valence-corrected chi connectivity index (χ1v) is 3.20. The third-order valence-corrected chi connectivity index (χ3v) is 1.85. The molecule has 1 heteroatoms. The van der Waals surface area contributed by atoms with E-state index in [1.54, 1.807) is 0 Å². The van der Waals surface area contributed by atoms with Gasteiger partial charge in [-0.1, -0.05) is 6.92 Å². The second-order valence-corrected chi connectivity index (χ2v) is 2.80. The van der Waals surface area contributed by atoms with E-state index in [1.807, 2.05) is 0 Å². The molecule has 0 saturated heterocycles. The molecule has 0 radical (unpaired) electrons. The minimum atomic E-state index is 0.745. The Balaban J connectivity index is 2.09. The summed E-state index contributed by atoms with van der Waals surface area (Å²) in [7, 11) is 0. The summed E-state index contributed by atoms with van der Waals surface area (Å²) >= 11 is 0. The van der Waals surface area contributed by atoms with Crippen LogP contribution in [-0.2, 0) is 0 Å². The van der Waals surface area contributed by atoms with Crippen molar-refractivity contribution in [1.29, 1.82) is 5.26 Å². The van der Waals surface area contributed by atoms with Crippen molar-refractivity contribution < 1.29 is 0 Å². The first kappa shape index (κ1) is 5.62. The predicted molar refractivity (Wildman–Crippen MR) is 32.1 cm³/mol. The summed E-state index contributed by atoms with van der Waals surface area (Å²) < 4.78 is 0. The Morgan fingerprint density at radius 3 is 2.62 bits per heavy atom. The van der Waals surface area contributed by atoms with E-state index in [0.717, 1.165) is 18.3 Å². The average Bonchev–Trinajstić information content (AvgIpc) is 1.64. The minimum absolute atomic E-state index is 0.745. The molecule has 0 aliphatic heterocycles. The van der Waals surface area contributed by atoms with Gasteiger partial charge in [0.25, 0.3) is 0 Å². The molecule has 0 atom stereocenters. The van der Waals surface area contributed by atoms with E-state index in [2.05, 4.69) is 13.0 Å². The Morgan fingerprint density at radius 1 is 1.62 bits per heavy atom. The SMILES string of the molecule is CC1CC(CC#N)C1. The molecule has 1 aliphatic carbocycles. The highest BCUT2D eigenvalue weighted by molar-refractivity contribution is 4.84. The van der Waals surface area contributed by atoms with Gasteiger partial charge < -0.3 is 0 Å². The normalized spacial score (nSPS) is 35.5. The lowest BCUT2D eigenvalue weighted by atomic mass is 9.75. The van der Waals surface area contributed by atoms with Gasteiger partial charge in [-0.15, -0.1) is 0 Å². The fourth-order valence-corrected chi connectivity index (χ4v) is 1.36. The maximum absolute atomic E-state index is 8.24. The van der Waals surface area contributed by atoms with Crippen molar-refractivity contribution in [3.8, 4) is 6.07 Å². The van der Waals surface area contributed by atoms with Crippen LogP contribution in [0.4, 0.5) is 0 Å². The molecule has 0 N–H and O–H groups in total. The van der Waals surface area contributed by atoms with Crippen LogP contribution < -0.4 is 0 Å². The van der Waals surface area contributed by atoms with Crippen LogP contribution in [-0.4, -0.2) is 0 Å². The van der Waals surface area contributed by atoms with Gasteiger partial charge in [0.15, 0.2) is 0 Å². The zero-order chi connectivity index (χ0) is 5.98. The molecule has 0 heterocycles. The van der Waals surface area contributed by atoms with Crippen LogP contribution in [0.1, 0.15) is 26.2 Å². The molecule has 1 saturated carbocycles. The van der Waals surface area contributed by atoms with Crippen molar-refractivity contribution in [2.45, 2.75) is 26.2 Å². The highest BCUT2D eigenvalue weighted by atomic mass is 14.3. The van der Waals surface area contributed by atoms with Crippen LogP contribution in [0.25, 0.3) is 0 Å². The van der Waals surface area contributed by atoms with Crippen LogP contribution >= 0.6 is 0 Å². The van der Waals surface area contributed by atoms with E-state index in [4.69, 9.17) is 5.26 Å². The lowest BCUT2D eigenvalue weighted by Gasteiger charge is -2.30. The largest absolute Gasteiger partial charge is 0.198 e. The zero-order valence-corrected chi connectivity index (χ0v) is 5.22. The third kappa shape index (κ3) is 1.01. The molecule has 1 nitrogen and oxygen atoms in total. The van der Waals surface area contributed by atoms with E-state index >= 15 is 0 Å². The standard InChI is InChI=1S/C7H11N/c1-6-4-7(5-6)2-3-8/h6-7H,2,4-5H2,1H3. The number of hydrogen-bond acceptors (Lipinski definition) is 1. The Morgan fingerprint density at radius 2 is 2.25 bits per heavy atom. The number of nitriles is 1. The van der Waals surface area contributed by atoms with Gasteiger partial charge in [0, 0.05) is 6.42 Å². The summed E-state index contributed by atoms with van der Waals surface area (Å²) in [6, 6.07) is 2.19. The number of rotatable bonds is 1. The highest BCUT2D eigenvalue weighted by Crippen LogP contribution is 2.34. The molecular formula is C7H11N. The van der Waals surface area contributed by atoms with Crippen molar-refractivity contribution in [3.05, 3.63) is 0 Å². The Labute approximate surface area is 50.3 Å². The molecule has 44 valence electrons. The van der Waals surface area contributed by atoms with Crippen LogP contribution in [0.5, 0.6) is 0 Å². The first-order chi connectivity index (χ1) is 3.83. The van der Waals surface area contributed by atoms with Crippen LogP contribution in [0.2, 0.25) is 0 Å². The summed E-state index contributed by atoms with van der Waals surface area (Å²) in [4.78, 5) is 0. The van der Waals surface area contributed by atoms with Gasteiger partial charge in [-0.25, -0.2) is 0 Å². The van der Waals surface area contributed by atoms with Crippen LogP contribution in [0.15, 0.2) is 0 Å². The Bertz CT molecular complexity index is 106. The van der Waals surface area contributed by atoms with E-state index in [0.29, 0.717) is 0 Å². The van der Waals surface area contributed by atoms with Crippen molar-refractivity contribution in [3.63, 3.8) is 0 Å². The summed E-state index contributed by atoms with van der Waals surface area (Å²) in [5, 5.41) is 8.24. The molecule has 8 heavy (non-hydrogen) atoms. The second kappa shape index (κ2) is 2.17. The Kier molecular flexibility index (Phi) is 1.53. The van der Waals surface area contributed by atoms with Gasteiger partial charge in [0.2, 0.25) is 0 Å². The van der Waals surface area contributed by atoms with Gasteiger partial charge in [-0.3, -0.25) is 0 Å². The molecule has 1 aliphatic rings. The van der Waals surface area contributed by atoms with Gasteiger partial charge in [0.1, 0.15) is 0 Å². The van der Waals surface area contributed by atoms with Gasteiger partial charge in [-0.05, 0) is 24.7 Å². The molecule has 0 amide bonds. The lowest BCUT2D eigenvalue weighted by Crippen LogP contribution is -2.19. The summed E-state index contributed by atoms with van der Waals surface area (Å²) in [6.45, 7) is 2.24. The van der Waals surface area contributed by atoms with Crippen LogP contribution in [0, 0.1) is 23.2 Å². The quantitative estimate of drug-likeness (QED) is 0.505. The molecule has 0 unspecified atom stereocenters. The lowest BCUT2D eigenvalue weighted by molar-refractivity contribution is 0.217. The topological polar surface area (TPSA) is 23.8 Å². The molecule has 1 rings (SSSR count). The molecule has 1 fully saturated rings. The maximum atomic E-state index is 8.24. The molecule has 0 aromatic heterocycles. The van der Waals surface area contributed by atoms with Crippen molar-refractivity contribution in [2.75, 3.05) is 0 Å². The fraction of sp³-hybridized carbons (Fsp3) is 0.857. The number of nitrogens with zero attached hydrogens (tertiary/aromatic N) is 1. The molecule has 0 aromatic rings. The van der Waals surface area contributed by atoms with Gasteiger partial charge >= 0.3 is 0 Å². The Hall–Kier alpha value is -0.510. The highest BCUT2D eigenvalue weighted by Gasteiger charge is 2.24.